The molecule has 0 bridgehead atoms. The number of hydrogen-bond acceptors (Lipinski definition) is 7. The van der Waals surface area contributed by atoms with Gasteiger partial charge in [-0.05, 0) is 12.5 Å². The first-order valence-electron chi connectivity index (χ1n) is 6.79. The average molecular weight is 356 g/mol. The number of anilines is 1. The highest BCUT2D eigenvalue weighted by atomic mass is 32.2. The van der Waals surface area contributed by atoms with Gasteiger partial charge in [0.05, 0.1) is 14.8 Å². The summed E-state index contributed by atoms with van der Waals surface area (Å²) in [6.45, 7) is 2.52. The lowest BCUT2D eigenvalue weighted by Crippen LogP contribution is -2.13. The molecule has 0 atom stereocenters. The largest absolute Gasteiger partial charge is 0.384 e. The van der Waals surface area contributed by atoms with E-state index in [1.165, 1.54) is 17.0 Å². The molecule has 0 aliphatic rings. The van der Waals surface area contributed by atoms with Crippen molar-refractivity contribution in [3.63, 3.8) is 0 Å². The minimum Gasteiger partial charge on any atom is -0.384 e. The lowest BCUT2D eigenvalue weighted by Gasteiger charge is -2.07. The van der Waals surface area contributed by atoms with Gasteiger partial charge in [0.15, 0.2) is 0 Å². The number of primary sulfonamides is 1. The van der Waals surface area contributed by atoms with Crippen LogP contribution in [0.25, 0.3) is 0 Å². The highest BCUT2D eigenvalue weighted by Gasteiger charge is 2.16. The predicted octanol–water partition coefficient (Wildman–Crippen LogP) is 1.92. The lowest BCUT2D eigenvalue weighted by atomic mass is 10.2. The number of non-ortho nitro benzene ring substituents is 1. The average Bonchev–Trinajstić information content (AvgIpc) is 2.94. The molecule has 0 radical (unpaired) electrons. The van der Waals surface area contributed by atoms with Crippen molar-refractivity contribution in [3.8, 4) is 0 Å². The number of nitro benzene ring substituents is 1. The second-order valence-electron chi connectivity index (χ2n) is 4.77. The third kappa shape index (κ3) is 4.71. The van der Waals surface area contributed by atoms with E-state index in [9.17, 15) is 18.5 Å². The van der Waals surface area contributed by atoms with E-state index in [2.05, 4.69) is 10.3 Å². The third-order valence-electron chi connectivity index (χ3n) is 3.05. The lowest BCUT2D eigenvalue weighted by molar-refractivity contribution is -0.385. The molecule has 0 aliphatic carbocycles. The summed E-state index contributed by atoms with van der Waals surface area (Å²) >= 11 is 1.61. The fourth-order valence-corrected chi connectivity index (χ4v) is 3.33. The van der Waals surface area contributed by atoms with Crippen LogP contribution in [-0.4, -0.2) is 24.9 Å². The molecular weight excluding hydrogens is 340 g/mol. The van der Waals surface area contributed by atoms with E-state index in [-0.39, 0.29) is 10.6 Å². The predicted molar refractivity (Wildman–Crippen MR) is 88.2 cm³/mol. The van der Waals surface area contributed by atoms with Crippen LogP contribution in [0, 0.1) is 10.1 Å². The van der Waals surface area contributed by atoms with Crippen molar-refractivity contribution in [2.24, 2.45) is 5.14 Å². The number of hydrogen-bond donors (Lipinski definition) is 2. The van der Waals surface area contributed by atoms with Gasteiger partial charge in [0.25, 0.3) is 5.69 Å². The van der Waals surface area contributed by atoms with Crippen LogP contribution in [0.2, 0.25) is 0 Å². The third-order valence-corrected chi connectivity index (χ3v) is 5.14. The Morgan fingerprint density at radius 3 is 2.70 bits per heavy atom. The van der Waals surface area contributed by atoms with E-state index in [1.54, 1.807) is 11.3 Å². The molecule has 1 heterocycles. The molecule has 3 N–H and O–H groups in total. The maximum absolute atomic E-state index is 11.4. The van der Waals surface area contributed by atoms with E-state index < -0.39 is 14.9 Å². The minimum atomic E-state index is -4.01. The zero-order valence-electron chi connectivity index (χ0n) is 12.4. The number of nitro groups is 1. The van der Waals surface area contributed by atoms with Crippen molar-refractivity contribution in [2.45, 2.75) is 24.7 Å². The molecule has 0 aliphatic heterocycles. The van der Waals surface area contributed by atoms with Crippen molar-refractivity contribution in [3.05, 3.63) is 44.4 Å². The molecule has 8 nitrogen and oxygen atoms in total. The molecule has 124 valence electrons. The summed E-state index contributed by atoms with van der Waals surface area (Å²) in [5.41, 5.74) is -0.00274. The van der Waals surface area contributed by atoms with E-state index in [0.717, 1.165) is 17.5 Å². The number of nitrogens with zero attached hydrogens (tertiary/aromatic N) is 2. The van der Waals surface area contributed by atoms with Crippen molar-refractivity contribution in [1.82, 2.24) is 4.98 Å². The number of benzene rings is 1. The van der Waals surface area contributed by atoms with Gasteiger partial charge < -0.3 is 5.32 Å². The first kappa shape index (κ1) is 17.3. The zero-order chi connectivity index (χ0) is 17.0. The summed E-state index contributed by atoms with van der Waals surface area (Å²) in [7, 11) is -4.01. The number of aryl methyl sites for hydroxylation is 1. The first-order valence-corrected chi connectivity index (χ1v) is 9.15. The zero-order valence-corrected chi connectivity index (χ0v) is 14.0. The van der Waals surface area contributed by atoms with E-state index in [0.29, 0.717) is 18.7 Å². The topological polar surface area (TPSA) is 128 Å². The molecule has 2 rings (SSSR count). The van der Waals surface area contributed by atoms with E-state index in [4.69, 9.17) is 5.14 Å². The Labute approximate surface area is 137 Å². The second kappa shape index (κ2) is 7.02. The summed E-state index contributed by atoms with van der Waals surface area (Å²) in [5.74, 6) is 0. The van der Waals surface area contributed by atoms with Gasteiger partial charge in [0.1, 0.15) is 0 Å². The molecule has 0 saturated carbocycles. The molecule has 23 heavy (non-hydrogen) atoms. The Kier molecular flexibility index (Phi) is 5.29. The number of nitrogens with one attached hydrogen (secondary N) is 1. The Bertz CT molecular complexity index is 817. The molecule has 0 unspecified atom stereocenters. The van der Waals surface area contributed by atoms with Crippen LogP contribution in [0.3, 0.4) is 0 Å². The maximum Gasteiger partial charge on any atom is 0.272 e. The molecule has 1 aromatic carbocycles. The van der Waals surface area contributed by atoms with Gasteiger partial charge in [0, 0.05) is 41.9 Å². The SMILES string of the molecule is CCc1cnc(CCNc2cc([N+](=O)[O-])cc(S(N)(=O)=O)c2)s1. The van der Waals surface area contributed by atoms with Gasteiger partial charge in [0.2, 0.25) is 10.0 Å². The van der Waals surface area contributed by atoms with Crippen LogP contribution in [-0.2, 0) is 22.9 Å². The van der Waals surface area contributed by atoms with Gasteiger partial charge in [-0.1, -0.05) is 6.92 Å². The van der Waals surface area contributed by atoms with E-state index in [1.807, 2.05) is 13.1 Å². The molecule has 1 aromatic heterocycles. The Morgan fingerprint density at radius 2 is 2.13 bits per heavy atom. The summed E-state index contributed by atoms with van der Waals surface area (Å²) in [5, 5.41) is 19.9. The van der Waals surface area contributed by atoms with Crippen molar-refractivity contribution >= 4 is 32.7 Å². The number of sulfonamides is 1. The minimum absolute atomic E-state index is 0.295. The Hall–Kier alpha value is -2.04. The number of nitrogens with two attached hydrogens (primary N) is 1. The molecule has 10 heteroatoms. The molecular formula is C13H16N4O4S2. The smallest absolute Gasteiger partial charge is 0.272 e. The summed E-state index contributed by atoms with van der Waals surface area (Å²) in [6.07, 6.45) is 3.39. The number of thiazole rings is 1. The van der Waals surface area contributed by atoms with Crippen LogP contribution >= 0.6 is 11.3 Å². The highest BCUT2D eigenvalue weighted by molar-refractivity contribution is 7.89. The normalized spacial score (nSPS) is 11.4. The molecule has 0 fully saturated rings. The van der Waals surface area contributed by atoms with Crippen LogP contribution < -0.4 is 10.5 Å². The maximum atomic E-state index is 11.4. The number of aromatic nitrogens is 1. The standard InChI is InChI=1S/C13H16N4O4S2/c1-2-11-8-16-13(22-11)3-4-15-9-5-10(17(18)19)7-12(6-9)23(14,20)21/h5-8,15H,2-4H2,1H3,(H2,14,20,21). The summed E-state index contributed by atoms with van der Waals surface area (Å²) in [6, 6.07) is 3.49. The van der Waals surface area contributed by atoms with Crippen LogP contribution in [0.5, 0.6) is 0 Å². The molecule has 0 saturated heterocycles. The fourth-order valence-electron chi connectivity index (χ4n) is 1.90. The van der Waals surface area contributed by atoms with Crippen LogP contribution in [0.1, 0.15) is 16.8 Å². The van der Waals surface area contributed by atoms with Crippen molar-refractivity contribution < 1.29 is 13.3 Å². The van der Waals surface area contributed by atoms with Crippen molar-refractivity contribution in [2.75, 3.05) is 11.9 Å². The summed E-state index contributed by atoms with van der Waals surface area (Å²) < 4.78 is 22.8. The van der Waals surface area contributed by atoms with Gasteiger partial charge >= 0.3 is 0 Å². The molecule has 2 aromatic rings. The van der Waals surface area contributed by atoms with Gasteiger partial charge in [-0.3, -0.25) is 10.1 Å². The fraction of sp³-hybridized carbons (Fsp3) is 0.308. The van der Waals surface area contributed by atoms with E-state index >= 15 is 0 Å². The monoisotopic (exact) mass is 356 g/mol. The molecule has 0 amide bonds. The first-order chi connectivity index (χ1) is 10.8. The Morgan fingerprint density at radius 1 is 1.39 bits per heavy atom. The summed E-state index contributed by atoms with van der Waals surface area (Å²) in [4.78, 5) is 15.4. The van der Waals surface area contributed by atoms with Crippen LogP contribution in [0.15, 0.2) is 29.3 Å². The number of rotatable bonds is 7. The van der Waals surface area contributed by atoms with Gasteiger partial charge in [-0.15, -0.1) is 11.3 Å². The quantitative estimate of drug-likeness (QED) is 0.576. The second-order valence-corrected chi connectivity index (χ2v) is 7.53. The van der Waals surface area contributed by atoms with Gasteiger partial charge in [-0.2, -0.15) is 0 Å². The Balaban J connectivity index is 2.12. The van der Waals surface area contributed by atoms with Crippen LogP contribution in [0.4, 0.5) is 11.4 Å². The highest BCUT2D eigenvalue weighted by Crippen LogP contribution is 2.23. The molecule has 0 spiro atoms. The van der Waals surface area contributed by atoms with Gasteiger partial charge in [-0.25, -0.2) is 18.5 Å². The van der Waals surface area contributed by atoms with Crippen molar-refractivity contribution in [1.29, 1.82) is 0 Å².